The van der Waals surface area contributed by atoms with Crippen LogP contribution in [0, 0.1) is 17.3 Å². The van der Waals surface area contributed by atoms with E-state index in [4.69, 9.17) is 5.73 Å². The fourth-order valence-corrected chi connectivity index (χ4v) is 4.98. The standard InChI is InChI=1S/C19H30N6O2/c1-12-9-19(6-7-19)11-25(10-12)17(27)13-2-4-14(5-3-13)21-16(26)8-15-22-18(20)24-23-15/h12-14H,2-11H2,1H3,(H,21,26)(H3,20,22,23,24). The fraction of sp³-hybridized carbons (Fsp3) is 0.789. The van der Waals surface area contributed by atoms with E-state index in [2.05, 4.69) is 32.3 Å². The van der Waals surface area contributed by atoms with Crippen molar-refractivity contribution < 1.29 is 9.59 Å². The molecule has 1 aromatic heterocycles. The number of nitrogens with one attached hydrogen (secondary N) is 2. The summed E-state index contributed by atoms with van der Waals surface area (Å²) in [5, 5.41) is 9.43. The van der Waals surface area contributed by atoms with Crippen molar-refractivity contribution in [2.45, 2.75) is 64.3 Å². The molecule has 1 spiro atoms. The second-order valence-corrected chi connectivity index (χ2v) is 8.96. The van der Waals surface area contributed by atoms with Gasteiger partial charge in [0.1, 0.15) is 5.82 Å². The van der Waals surface area contributed by atoms with Crippen molar-refractivity contribution in [2.24, 2.45) is 17.3 Å². The van der Waals surface area contributed by atoms with E-state index in [9.17, 15) is 9.59 Å². The van der Waals surface area contributed by atoms with Gasteiger partial charge in [-0.05, 0) is 56.3 Å². The van der Waals surface area contributed by atoms with E-state index in [0.29, 0.717) is 23.1 Å². The minimum Gasteiger partial charge on any atom is -0.367 e. The number of amides is 2. The lowest BCUT2D eigenvalue weighted by Gasteiger charge is -2.40. The molecule has 0 radical (unpaired) electrons. The van der Waals surface area contributed by atoms with E-state index in [0.717, 1.165) is 38.8 Å². The molecule has 2 amide bonds. The largest absolute Gasteiger partial charge is 0.367 e. The summed E-state index contributed by atoms with van der Waals surface area (Å²) >= 11 is 0. The van der Waals surface area contributed by atoms with Gasteiger partial charge in [0.25, 0.3) is 0 Å². The third-order valence-electron chi connectivity index (χ3n) is 6.43. The van der Waals surface area contributed by atoms with Gasteiger partial charge in [0, 0.05) is 25.0 Å². The smallest absolute Gasteiger partial charge is 0.239 e. The Balaban J connectivity index is 1.23. The Kier molecular flexibility index (Phi) is 4.82. The Morgan fingerprint density at radius 3 is 2.67 bits per heavy atom. The quantitative estimate of drug-likeness (QED) is 0.733. The van der Waals surface area contributed by atoms with Crippen molar-refractivity contribution in [3.05, 3.63) is 5.82 Å². The molecule has 2 aliphatic carbocycles. The first-order valence-electron chi connectivity index (χ1n) is 10.2. The summed E-state index contributed by atoms with van der Waals surface area (Å²) in [6.45, 7) is 4.15. The van der Waals surface area contributed by atoms with Crippen LogP contribution in [0.15, 0.2) is 0 Å². The fourth-order valence-electron chi connectivity index (χ4n) is 4.98. The Hall–Kier alpha value is -2.12. The molecule has 1 aromatic rings. The van der Waals surface area contributed by atoms with Crippen LogP contribution in [0.3, 0.4) is 0 Å². The number of nitrogens with two attached hydrogens (primary N) is 1. The molecule has 3 fully saturated rings. The number of H-pyrrole nitrogens is 1. The third-order valence-corrected chi connectivity index (χ3v) is 6.43. The maximum atomic E-state index is 13.0. The normalized spacial score (nSPS) is 29.5. The molecule has 8 heteroatoms. The average molecular weight is 374 g/mol. The van der Waals surface area contributed by atoms with E-state index >= 15 is 0 Å². The SMILES string of the molecule is CC1CN(C(=O)C2CCC(NC(=O)Cc3nc(N)n[nH]3)CC2)CC2(CC2)C1. The summed E-state index contributed by atoms with van der Waals surface area (Å²) in [5.41, 5.74) is 5.90. The number of hydrogen-bond acceptors (Lipinski definition) is 5. The number of nitrogen functional groups attached to an aromatic ring is 1. The van der Waals surface area contributed by atoms with Crippen molar-refractivity contribution in [3.8, 4) is 0 Å². The lowest BCUT2D eigenvalue weighted by Crippen LogP contribution is -2.48. The third kappa shape index (κ3) is 4.25. The highest BCUT2D eigenvalue weighted by molar-refractivity contribution is 5.80. The lowest BCUT2D eigenvalue weighted by molar-refractivity contribution is -0.140. The van der Waals surface area contributed by atoms with Gasteiger partial charge >= 0.3 is 0 Å². The zero-order chi connectivity index (χ0) is 19.0. The van der Waals surface area contributed by atoms with Gasteiger partial charge in [-0.2, -0.15) is 4.98 Å². The Bertz CT molecular complexity index is 705. The number of carbonyl (C=O) groups excluding carboxylic acids is 2. The zero-order valence-electron chi connectivity index (χ0n) is 16.0. The monoisotopic (exact) mass is 374 g/mol. The number of aromatic amines is 1. The molecule has 1 saturated heterocycles. The second-order valence-electron chi connectivity index (χ2n) is 8.96. The molecule has 1 unspecified atom stereocenters. The number of rotatable bonds is 4. The molecule has 2 saturated carbocycles. The van der Waals surface area contributed by atoms with Gasteiger partial charge in [0.2, 0.25) is 17.8 Å². The van der Waals surface area contributed by atoms with E-state index in [1.165, 1.54) is 19.3 Å². The van der Waals surface area contributed by atoms with Gasteiger partial charge in [-0.3, -0.25) is 14.7 Å². The summed E-state index contributed by atoms with van der Waals surface area (Å²) in [5.74, 6) is 1.62. The van der Waals surface area contributed by atoms with E-state index in [-0.39, 0.29) is 30.2 Å². The number of carbonyl (C=O) groups is 2. The summed E-state index contributed by atoms with van der Waals surface area (Å²) in [4.78, 5) is 31.2. The number of nitrogens with zero attached hydrogens (tertiary/aromatic N) is 3. The van der Waals surface area contributed by atoms with Crippen LogP contribution in [-0.2, 0) is 16.0 Å². The van der Waals surface area contributed by atoms with Crippen LogP contribution in [0.4, 0.5) is 5.95 Å². The summed E-state index contributed by atoms with van der Waals surface area (Å²) in [6, 6.07) is 0.136. The molecule has 4 N–H and O–H groups in total. The van der Waals surface area contributed by atoms with Crippen LogP contribution < -0.4 is 11.1 Å². The molecule has 1 aliphatic heterocycles. The van der Waals surface area contributed by atoms with Crippen molar-refractivity contribution >= 4 is 17.8 Å². The summed E-state index contributed by atoms with van der Waals surface area (Å²) in [7, 11) is 0. The van der Waals surface area contributed by atoms with Crippen molar-refractivity contribution in [1.29, 1.82) is 0 Å². The first-order chi connectivity index (χ1) is 12.9. The number of hydrogen-bond donors (Lipinski definition) is 3. The maximum absolute atomic E-state index is 13.0. The van der Waals surface area contributed by atoms with E-state index in [1.807, 2.05) is 0 Å². The van der Waals surface area contributed by atoms with Gasteiger partial charge in [-0.25, -0.2) is 0 Å². The number of piperidine rings is 1. The lowest BCUT2D eigenvalue weighted by atomic mass is 9.82. The van der Waals surface area contributed by atoms with Crippen LogP contribution in [0.5, 0.6) is 0 Å². The molecule has 8 nitrogen and oxygen atoms in total. The zero-order valence-corrected chi connectivity index (χ0v) is 16.0. The Labute approximate surface area is 159 Å². The molecule has 2 heterocycles. The predicted octanol–water partition coefficient (Wildman–Crippen LogP) is 1.25. The molecule has 0 bridgehead atoms. The average Bonchev–Trinajstić information content (AvgIpc) is 3.23. The van der Waals surface area contributed by atoms with Gasteiger partial charge in [0.15, 0.2) is 0 Å². The van der Waals surface area contributed by atoms with Gasteiger partial charge < -0.3 is 16.0 Å². The predicted molar refractivity (Wildman–Crippen MR) is 100 cm³/mol. The van der Waals surface area contributed by atoms with Crippen LogP contribution in [0.25, 0.3) is 0 Å². The summed E-state index contributed by atoms with van der Waals surface area (Å²) in [6.07, 6.45) is 7.44. The molecule has 4 rings (SSSR count). The van der Waals surface area contributed by atoms with Crippen LogP contribution >= 0.6 is 0 Å². The van der Waals surface area contributed by atoms with Gasteiger partial charge in [0.05, 0.1) is 6.42 Å². The van der Waals surface area contributed by atoms with Crippen molar-refractivity contribution in [2.75, 3.05) is 18.8 Å². The highest BCUT2D eigenvalue weighted by Crippen LogP contribution is 2.53. The van der Waals surface area contributed by atoms with Crippen molar-refractivity contribution in [1.82, 2.24) is 25.4 Å². The number of aromatic nitrogens is 3. The van der Waals surface area contributed by atoms with Crippen molar-refractivity contribution in [3.63, 3.8) is 0 Å². The van der Waals surface area contributed by atoms with Gasteiger partial charge in [-0.1, -0.05) is 6.92 Å². The van der Waals surface area contributed by atoms with E-state index < -0.39 is 0 Å². The first-order valence-corrected chi connectivity index (χ1v) is 10.2. The molecule has 148 valence electrons. The van der Waals surface area contributed by atoms with Crippen LogP contribution in [0.2, 0.25) is 0 Å². The molecule has 0 aromatic carbocycles. The Morgan fingerprint density at radius 1 is 1.30 bits per heavy atom. The summed E-state index contributed by atoms with van der Waals surface area (Å²) < 4.78 is 0. The minimum atomic E-state index is -0.0820. The molecular weight excluding hydrogens is 344 g/mol. The number of anilines is 1. The number of likely N-dealkylation sites (tertiary alicyclic amines) is 1. The topological polar surface area (TPSA) is 117 Å². The highest BCUT2D eigenvalue weighted by atomic mass is 16.2. The molecule has 3 aliphatic rings. The first kappa shape index (κ1) is 18.3. The highest BCUT2D eigenvalue weighted by Gasteiger charge is 2.49. The van der Waals surface area contributed by atoms with Crippen LogP contribution in [0.1, 0.15) is 57.7 Å². The second kappa shape index (κ2) is 7.13. The maximum Gasteiger partial charge on any atom is 0.239 e. The molecular formula is C19H30N6O2. The van der Waals surface area contributed by atoms with Crippen LogP contribution in [-0.4, -0.2) is 51.0 Å². The molecule has 27 heavy (non-hydrogen) atoms. The van der Waals surface area contributed by atoms with E-state index in [1.54, 1.807) is 0 Å². The molecule has 1 atom stereocenters. The minimum absolute atomic E-state index is 0.0820. The Morgan fingerprint density at radius 2 is 2.04 bits per heavy atom. The van der Waals surface area contributed by atoms with Gasteiger partial charge in [-0.15, -0.1) is 5.10 Å².